The van der Waals surface area contributed by atoms with E-state index in [0.29, 0.717) is 16.7 Å². The van der Waals surface area contributed by atoms with Crippen LogP contribution in [-0.4, -0.2) is 9.55 Å². The Labute approximate surface area is 191 Å². The maximum Gasteiger partial charge on any atom is 0.266 e. The van der Waals surface area contributed by atoms with Crippen molar-refractivity contribution in [3.05, 3.63) is 104 Å². The fourth-order valence-electron chi connectivity index (χ4n) is 3.54. The molecule has 31 heavy (non-hydrogen) atoms. The molecule has 0 bridgehead atoms. The third-order valence-electron chi connectivity index (χ3n) is 5.40. The summed E-state index contributed by atoms with van der Waals surface area (Å²) in [4.78, 5) is 18.2. The number of halogens is 1. The molecule has 3 aromatic carbocycles. The van der Waals surface area contributed by atoms with Gasteiger partial charge in [-0.25, -0.2) is 4.98 Å². The smallest absolute Gasteiger partial charge is 0.266 e. The van der Waals surface area contributed by atoms with Gasteiger partial charge in [-0.15, -0.1) is 0 Å². The molecule has 0 saturated heterocycles. The first kappa shape index (κ1) is 21.3. The van der Waals surface area contributed by atoms with E-state index in [4.69, 9.17) is 4.98 Å². The molecule has 0 unspecified atom stereocenters. The number of benzene rings is 3. The maximum atomic E-state index is 13.4. The number of aromatic nitrogens is 2. The number of rotatable bonds is 3. The second-order valence-electron chi connectivity index (χ2n) is 8.77. The van der Waals surface area contributed by atoms with Crippen molar-refractivity contribution in [3.8, 4) is 5.69 Å². The molecule has 156 valence electrons. The zero-order valence-corrected chi connectivity index (χ0v) is 19.8. The Kier molecular flexibility index (Phi) is 5.67. The second-order valence-corrected chi connectivity index (χ2v) is 9.62. The predicted molar refractivity (Wildman–Crippen MR) is 134 cm³/mol. The van der Waals surface area contributed by atoms with Crippen molar-refractivity contribution in [1.29, 1.82) is 0 Å². The summed E-state index contributed by atoms with van der Waals surface area (Å²) in [5.74, 6) is 0.602. The summed E-state index contributed by atoms with van der Waals surface area (Å²) in [6, 6.07) is 21.9. The monoisotopic (exact) mass is 472 g/mol. The molecule has 4 heteroatoms. The van der Waals surface area contributed by atoms with Gasteiger partial charge in [-0.1, -0.05) is 79.2 Å². The van der Waals surface area contributed by atoms with Crippen molar-refractivity contribution >= 4 is 39.0 Å². The van der Waals surface area contributed by atoms with Crippen LogP contribution in [0.3, 0.4) is 0 Å². The van der Waals surface area contributed by atoms with Gasteiger partial charge in [0.25, 0.3) is 5.56 Å². The molecular weight excluding hydrogens is 448 g/mol. The topological polar surface area (TPSA) is 34.9 Å². The van der Waals surface area contributed by atoms with Gasteiger partial charge in [-0.2, -0.15) is 0 Å². The lowest BCUT2D eigenvalue weighted by Crippen LogP contribution is -2.22. The molecule has 0 atom stereocenters. The molecule has 0 radical (unpaired) electrons. The van der Waals surface area contributed by atoms with Gasteiger partial charge in [0.2, 0.25) is 0 Å². The van der Waals surface area contributed by atoms with Crippen molar-refractivity contribution in [2.75, 3.05) is 0 Å². The lowest BCUT2D eigenvalue weighted by Gasteiger charge is -2.18. The number of fused-ring (bicyclic) bond motifs is 1. The van der Waals surface area contributed by atoms with Crippen molar-refractivity contribution < 1.29 is 0 Å². The number of aryl methyl sites for hydroxylation is 1. The molecular formula is C27H25BrN2O. The van der Waals surface area contributed by atoms with E-state index < -0.39 is 0 Å². The summed E-state index contributed by atoms with van der Waals surface area (Å²) in [6.07, 6.45) is 3.92. The summed E-state index contributed by atoms with van der Waals surface area (Å²) < 4.78 is 2.69. The fourth-order valence-corrected chi connectivity index (χ4v) is 3.79. The van der Waals surface area contributed by atoms with Crippen LogP contribution in [0.15, 0.2) is 76.0 Å². The van der Waals surface area contributed by atoms with Crippen LogP contribution in [0.2, 0.25) is 0 Å². The van der Waals surface area contributed by atoms with Crippen LogP contribution < -0.4 is 5.56 Å². The van der Waals surface area contributed by atoms with E-state index >= 15 is 0 Å². The first-order valence-corrected chi connectivity index (χ1v) is 11.1. The van der Waals surface area contributed by atoms with Gasteiger partial charge in [0.15, 0.2) is 0 Å². The quantitative estimate of drug-likeness (QED) is 0.324. The summed E-state index contributed by atoms with van der Waals surface area (Å²) in [7, 11) is 0. The Hall–Kier alpha value is -2.98. The summed E-state index contributed by atoms with van der Waals surface area (Å²) in [5.41, 5.74) is 4.94. The standard InChI is InChI=1S/C27H25BrN2O/c1-18-17-21(14-15-23(18)28)30-25(29-24-8-6-5-7-22(24)26(30)31)16-11-19-9-12-20(13-10-19)27(2,3)4/h5-17H,1-4H3. The van der Waals surface area contributed by atoms with Crippen LogP contribution in [0.25, 0.3) is 28.7 Å². The molecule has 0 aliphatic heterocycles. The Bertz CT molecular complexity index is 1340. The van der Waals surface area contributed by atoms with Crippen LogP contribution in [0.1, 0.15) is 43.3 Å². The van der Waals surface area contributed by atoms with Gasteiger partial charge >= 0.3 is 0 Å². The lowest BCUT2D eigenvalue weighted by molar-refractivity contribution is 0.590. The highest BCUT2D eigenvalue weighted by Crippen LogP contribution is 2.24. The van der Waals surface area contributed by atoms with E-state index in [-0.39, 0.29) is 11.0 Å². The molecule has 0 spiro atoms. The van der Waals surface area contributed by atoms with E-state index in [9.17, 15) is 4.79 Å². The molecule has 1 aromatic heterocycles. The SMILES string of the molecule is Cc1cc(-n2c(C=Cc3ccc(C(C)(C)C)cc3)nc3ccccc3c2=O)ccc1Br. The predicted octanol–water partition coefficient (Wildman–Crippen LogP) is 6.92. The maximum absolute atomic E-state index is 13.4. The van der Waals surface area contributed by atoms with Crippen molar-refractivity contribution in [2.24, 2.45) is 0 Å². The minimum atomic E-state index is -0.0740. The average molecular weight is 473 g/mol. The van der Waals surface area contributed by atoms with Crippen LogP contribution in [0.4, 0.5) is 0 Å². The highest BCUT2D eigenvalue weighted by Gasteiger charge is 2.13. The second kappa shape index (κ2) is 8.27. The molecule has 0 fully saturated rings. The molecule has 0 aliphatic rings. The first-order valence-electron chi connectivity index (χ1n) is 10.3. The van der Waals surface area contributed by atoms with Gasteiger partial charge < -0.3 is 0 Å². The molecule has 1 heterocycles. The third-order valence-corrected chi connectivity index (χ3v) is 6.29. The van der Waals surface area contributed by atoms with Crippen molar-refractivity contribution in [1.82, 2.24) is 9.55 Å². The minimum Gasteiger partial charge on any atom is -0.268 e. The Morgan fingerprint density at radius 1 is 0.935 bits per heavy atom. The summed E-state index contributed by atoms with van der Waals surface area (Å²) >= 11 is 3.54. The van der Waals surface area contributed by atoms with Crippen molar-refractivity contribution in [2.45, 2.75) is 33.1 Å². The normalized spacial score (nSPS) is 12.0. The highest BCUT2D eigenvalue weighted by atomic mass is 79.9. The van der Waals surface area contributed by atoms with E-state index in [2.05, 4.69) is 61.0 Å². The molecule has 4 rings (SSSR count). The summed E-state index contributed by atoms with van der Waals surface area (Å²) in [5, 5.41) is 0.606. The molecule has 0 saturated carbocycles. The van der Waals surface area contributed by atoms with Gasteiger partial charge in [0.1, 0.15) is 5.82 Å². The number of para-hydroxylation sites is 1. The van der Waals surface area contributed by atoms with Gasteiger partial charge in [-0.05, 0) is 65.4 Å². The van der Waals surface area contributed by atoms with Crippen LogP contribution in [0, 0.1) is 6.92 Å². The van der Waals surface area contributed by atoms with Crippen LogP contribution in [0.5, 0.6) is 0 Å². The average Bonchev–Trinajstić information content (AvgIpc) is 2.74. The largest absolute Gasteiger partial charge is 0.268 e. The van der Waals surface area contributed by atoms with Gasteiger partial charge in [0.05, 0.1) is 16.6 Å². The zero-order chi connectivity index (χ0) is 22.2. The van der Waals surface area contributed by atoms with Crippen LogP contribution >= 0.6 is 15.9 Å². The Morgan fingerprint density at radius 3 is 2.32 bits per heavy atom. The number of hydrogen-bond acceptors (Lipinski definition) is 2. The van der Waals surface area contributed by atoms with E-state index in [1.807, 2.05) is 61.5 Å². The molecule has 0 amide bonds. The summed E-state index contributed by atoms with van der Waals surface area (Å²) in [6.45, 7) is 8.63. The van der Waals surface area contributed by atoms with Gasteiger partial charge in [0, 0.05) is 4.47 Å². The number of hydrogen-bond donors (Lipinski definition) is 0. The van der Waals surface area contributed by atoms with E-state index in [1.165, 1.54) is 5.56 Å². The number of nitrogens with zero attached hydrogens (tertiary/aromatic N) is 2. The molecule has 3 nitrogen and oxygen atoms in total. The van der Waals surface area contributed by atoms with Crippen LogP contribution in [-0.2, 0) is 5.41 Å². The third kappa shape index (κ3) is 4.40. The fraction of sp³-hybridized carbons (Fsp3) is 0.185. The van der Waals surface area contributed by atoms with E-state index in [0.717, 1.165) is 21.3 Å². The molecule has 0 N–H and O–H groups in total. The van der Waals surface area contributed by atoms with E-state index in [1.54, 1.807) is 4.57 Å². The first-order chi connectivity index (χ1) is 14.7. The van der Waals surface area contributed by atoms with Crippen molar-refractivity contribution in [3.63, 3.8) is 0 Å². The Balaban J connectivity index is 1.85. The Morgan fingerprint density at radius 2 is 1.65 bits per heavy atom. The van der Waals surface area contributed by atoms with Gasteiger partial charge in [-0.3, -0.25) is 9.36 Å². The lowest BCUT2D eigenvalue weighted by atomic mass is 9.87. The minimum absolute atomic E-state index is 0.0740. The molecule has 0 aliphatic carbocycles. The molecule has 4 aromatic rings. The zero-order valence-electron chi connectivity index (χ0n) is 18.2. The highest BCUT2D eigenvalue weighted by molar-refractivity contribution is 9.10.